The summed E-state index contributed by atoms with van der Waals surface area (Å²) < 4.78 is 51.7. The third-order valence-electron chi connectivity index (χ3n) is 6.00. The molecule has 1 unspecified atom stereocenters. The van der Waals surface area contributed by atoms with Gasteiger partial charge in [-0.3, -0.25) is 4.79 Å². The Morgan fingerprint density at radius 1 is 1.16 bits per heavy atom. The summed E-state index contributed by atoms with van der Waals surface area (Å²) >= 11 is 0. The molecule has 1 atom stereocenters. The standard InChI is InChI=1S/C26H24F3N5O3/c27-26(28,29)17-11-18(13-20(12-17)37-15-19-3-2-10-36-19)34-25(35)22-4-1-7-30-24(22)33-14-16-5-8-31-23-21(16)6-9-32-23/h1,4-9,11-13,19H,2-3,10,14-15H2,(H,30,33)(H,31,32)(H,34,35). The Morgan fingerprint density at radius 3 is 2.86 bits per heavy atom. The number of aromatic nitrogens is 3. The molecule has 8 nitrogen and oxygen atoms in total. The van der Waals surface area contributed by atoms with Crippen LogP contribution in [0.5, 0.6) is 5.75 Å². The number of nitrogens with one attached hydrogen (secondary N) is 3. The first-order chi connectivity index (χ1) is 17.9. The van der Waals surface area contributed by atoms with Crippen LogP contribution in [-0.4, -0.2) is 40.2 Å². The number of nitrogens with zero attached hydrogens (tertiary/aromatic N) is 2. The highest BCUT2D eigenvalue weighted by atomic mass is 19.4. The molecule has 5 rings (SSSR count). The van der Waals surface area contributed by atoms with Gasteiger partial charge in [-0.05, 0) is 54.8 Å². The summed E-state index contributed by atoms with van der Waals surface area (Å²) in [5.74, 6) is -0.317. The van der Waals surface area contributed by atoms with Crippen molar-refractivity contribution in [3.8, 4) is 5.75 Å². The zero-order valence-electron chi connectivity index (χ0n) is 19.6. The van der Waals surface area contributed by atoms with Gasteiger partial charge < -0.3 is 25.1 Å². The van der Waals surface area contributed by atoms with Crippen molar-refractivity contribution >= 4 is 28.4 Å². The molecule has 1 aromatic carbocycles. The SMILES string of the molecule is O=C(Nc1cc(OCC2CCCO2)cc(C(F)(F)F)c1)c1cccnc1NCc1ccnc2[nH]ccc12. The molecule has 4 heterocycles. The van der Waals surface area contributed by atoms with Crippen molar-refractivity contribution in [2.24, 2.45) is 0 Å². The second-order valence-electron chi connectivity index (χ2n) is 8.61. The number of carbonyl (C=O) groups is 1. The number of aromatic amines is 1. The lowest BCUT2D eigenvalue weighted by Gasteiger charge is -2.16. The fourth-order valence-electron chi connectivity index (χ4n) is 4.16. The highest BCUT2D eigenvalue weighted by molar-refractivity contribution is 6.07. The zero-order valence-corrected chi connectivity index (χ0v) is 19.6. The number of hydrogen-bond acceptors (Lipinski definition) is 6. The van der Waals surface area contributed by atoms with Crippen molar-refractivity contribution in [1.82, 2.24) is 15.0 Å². The molecule has 3 aromatic heterocycles. The van der Waals surface area contributed by atoms with Crippen molar-refractivity contribution in [2.75, 3.05) is 23.8 Å². The maximum atomic E-state index is 13.5. The maximum absolute atomic E-state index is 13.5. The van der Waals surface area contributed by atoms with Crippen LogP contribution in [0, 0.1) is 0 Å². The van der Waals surface area contributed by atoms with E-state index < -0.39 is 17.6 Å². The minimum Gasteiger partial charge on any atom is -0.491 e. The number of hydrogen-bond donors (Lipinski definition) is 3. The molecule has 1 fully saturated rings. The molecule has 1 amide bonds. The summed E-state index contributed by atoms with van der Waals surface area (Å²) in [6.07, 6.45) is 1.88. The molecule has 1 aliphatic rings. The summed E-state index contributed by atoms with van der Waals surface area (Å²) in [5.41, 5.74) is 0.890. The average Bonchev–Trinajstić information content (AvgIpc) is 3.58. The lowest BCUT2D eigenvalue weighted by atomic mass is 10.1. The first-order valence-electron chi connectivity index (χ1n) is 11.7. The van der Waals surface area contributed by atoms with Crippen molar-refractivity contribution in [2.45, 2.75) is 31.7 Å². The molecule has 0 radical (unpaired) electrons. The van der Waals surface area contributed by atoms with Gasteiger partial charge in [-0.15, -0.1) is 0 Å². The van der Waals surface area contributed by atoms with Gasteiger partial charge in [0.1, 0.15) is 23.8 Å². The third-order valence-corrected chi connectivity index (χ3v) is 6.00. The van der Waals surface area contributed by atoms with Crippen LogP contribution in [-0.2, 0) is 17.5 Å². The minimum absolute atomic E-state index is 0.00151. The van der Waals surface area contributed by atoms with Gasteiger partial charge in [-0.2, -0.15) is 13.2 Å². The minimum atomic E-state index is -4.61. The lowest BCUT2D eigenvalue weighted by Crippen LogP contribution is -2.18. The number of benzene rings is 1. The van der Waals surface area contributed by atoms with Gasteiger partial charge in [0.2, 0.25) is 0 Å². The maximum Gasteiger partial charge on any atom is 0.416 e. The van der Waals surface area contributed by atoms with Crippen LogP contribution in [0.25, 0.3) is 11.0 Å². The van der Waals surface area contributed by atoms with Gasteiger partial charge in [0.15, 0.2) is 0 Å². The van der Waals surface area contributed by atoms with E-state index in [1.165, 1.54) is 12.3 Å². The van der Waals surface area contributed by atoms with Crippen molar-refractivity contribution in [1.29, 1.82) is 0 Å². The van der Waals surface area contributed by atoms with Crippen molar-refractivity contribution in [3.63, 3.8) is 0 Å². The van der Waals surface area contributed by atoms with E-state index in [2.05, 4.69) is 25.6 Å². The smallest absolute Gasteiger partial charge is 0.416 e. The number of fused-ring (bicyclic) bond motifs is 1. The molecule has 11 heteroatoms. The number of ether oxygens (including phenoxy) is 2. The van der Waals surface area contributed by atoms with Crippen LogP contribution in [0.4, 0.5) is 24.7 Å². The topological polar surface area (TPSA) is 101 Å². The van der Waals surface area contributed by atoms with E-state index in [1.807, 2.05) is 12.1 Å². The fraction of sp³-hybridized carbons (Fsp3) is 0.269. The fourth-order valence-corrected chi connectivity index (χ4v) is 4.16. The van der Waals surface area contributed by atoms with E-state index in [4.69, 9.17) is 9.47 Å². The lowest BCUT2D eigenvalue weighted by molar-refractivity contribution is -0.137. The number of alkyl halides is 3. The number of rotatable bonds is 8. The van der Waals surface area contributed by atoms with Crippen LogP contribution in [0.2, 0.25) is 0 Å². The van der Waals surface area contributed by atoms with Gasteiger partial charge in [-0.1, -0.05) is 0 Å². The Labute approximate surface area is 210 Å². The normalized spacial score (nSPS) is 15.6. The van der Waals surface area contributed by atoms with E-state index in [1.54, 1.807) is 24.5 Å². The molecule has 1 aliphatic heterocycles. The van der Waals surface area contributed by atoms with Crippen LogP contribution >= 0.6 is 0 Å². The number of H-pyrrole nitrogens is 1. The molecular formula is C26H24F3N5O3. The summed E-state index contributed by atoms with van der Waals surface area (Å²) in [6.45, 7) is 1.10. The highest BCUT2D eigenvalue weighted by Gasteiger charge is 2.32. The van der Waals surface area contributed by atoms with Gasteiger partial charge in [0, 0.05) is 48.9 Å². The number of halogens is 3. The molecule has 0 aliphatic carbocycles. The molecule has 192 valence electrons. The number of pyridine rings is 2. The number of amides is 1. The van der Waals surface area contributed by atoms with E-state index in [9.17, 15) is 18.0 Å². The van der Waals surface area contributed by atoms with Gasteiger partial charge in [0.25, 0.3) is 5.91 Å². The molecule has 37 heavy (non-hydrogen) atoms. The summed E-state index contributed by atoms with van der Waals surface area (Å²) in [4.78, 5) is 24.7. The van der Waals surface area contributed by atoms with Crippen LogP contribution in [0.15, 0.2) is 61.1 Å². The molecule has 3 N–H and O–H groups in total. The quantitative estimate of drug-likeness (QED) is 0.293. The first-order valence-corrected chi connectivity index (χ1v) is 11.7. The molecule has 4 aromatic rings. The monoisotopic (exact) mass is 511 g/mol. The van der Waals surface area contributed by atoms with Crippen LogP contribution < -0.4 is 15.4 Å². The van der Waals surface area contributed by atoms with E-state index >= 15 is 0 Å². The molecule has 0 bridgehead atoms. The van der Waals surface area contributed by atoms with E-state index in [0.717, 1.165) is 41.6 Å². The van der Waals surface area contributed by atoms with Crippen LogP contribution in [0.1, 0.15) is 34.3 Å². The Kier molecular flexibility index (Phi) is 6.95. The second kappa shape index (κ2) is 10.5. The van der Waals surface area contributed by atoms with E-state index in [-0.39, 0.29) is 29.7 Å². The van der Waals surface area contributed by atoms with Gasteiger partial charge in [-0.25, -0.2) is 9.97 Å². The predicted octanol–water partition coefficient (Wildman–Crippen LogP) is 5.40. The molecule has 1 saturated heterocycles. The number of anilines is 2. The Hall–Kier alpha value is -4.12. The van der Waals surface area contributed by atoms with Crippen molar-refractivity contribution < 1.29 is 27.4 Å². The van der Waals surface area contributed by atoms with Crippen molar-refractivity contribution in [3.05, 3.63) is 77.7 Å². The predicted molar refractivity (Wildman–Crippen MR) is 132 cm³/mol. The Balaban J connectivity index is 1.34. The van der Waals surface area contributed by atoms with Gasteiger partial charge in [0.05, 0.1) is 17.2 Å². The van der Waals surface area contributed by atoms with E-state index in [0.29, 0.717) is 19.0 Å². The average molecular weight is 512 g/mol. The van der Waals surface area contributed by atoms with Crippen LogP contribution in [0.3, 0.4) is 0 Å². The highest BCUT2D eigenvalue weighted by Crippen LogP contribution is 2.34. The zero-order chi connectivity index (χ0) is 25.8. The Morgan fingerprint density at radius 2 is 2.05 bits per heavy atom. The molecule has 0 spiro atoms. The summed E-state index contributed by atoms with van der Waals surface area (Å²) in [6, 6.07) is 10.0. The first kappa shape index (κ1) is 24.6. The second-order valence-corrected chi connectivity index (χ2v) is 8.61. The molecular weight excluding hydrogens is 487 g/mol. The number of carbonyl (C=O) groups excluding carboxylic acids is 1. The molecule has 0 saturated carbocycles. The largest absolute Gasteiger partial charge is 0.491 e. The summed E-state index contributed by atoms with van der Waals surface area (Å²) in [5, 5.41) is 6.63. The summed E-state index contributed by atoms with van der Waals surface area (Å²) in [7, 11) is 0. The van der Waals surface area contributed by atoms with Gasteiger partial charge >= 0.3 is 6.18 Å². The Bertz CT molecular complexity index is 1400. The third kappa shape index (κ3) is 5.83.